The van der Waals surface area contributed by atoms with Crippen LogP contribution in [-0.4, -0.2) is 69.2 Å². The SMILES string of the molecule is CC(C)c1cc(N2CCCc3cc(-c4ccc(C=O)nc4)c(C(F)(F)F)cc32)cc2c1n(C)c(=O)n2C.CNCCC#Cc1cccc2c1CN(C1CCC(=O)NC1=O)C2=O. The summed E-state index contributed by atoms with van der Waals surface area (Å²) < 4.78 is 46.2. The van der Waals surface area contributed by atoms with E-state index in [2.05, 4.69) is 27.5 Å². The summed E-state index contributed by atoms with van der Waals surface area (Å²) in [7, 11) is 5.32. The summed E-state index contributed by atoms with van der Waals surface area (Å²) in [6.07, 6.45) is 0.0335. The number of nitrogens with zero attached hydrogens (tertiary/aromatic N) is 5. The van der Waals surface area contributed by atoms with Gasteiger partial charge in [-0.1, -0.05) is 37.8 Å². The minimum absolute atomic E-state index is 0.0434. The second kappa shape index (κ2) is 17.2. The van der Waals surface area contributed by atoms with E-state index < -0.39 is 23.7 Å². The number of hydrogen-bond donors (Lipinski definition) is 2. The summed E-state index contributed by atoms with van der Waals surface area (Å²) >= 11 is 0. The van der Waals surface area contributed by atoms with Gasteiger partial charge in [0.05, 0.1) is 16.6 Å². The van der Waals surface area contributed by atoms with E-state index >= 15 is 0 Å². The van der Waals surface area contributed by atoms with Crippen molar-refractivity contribution in [3.05, 3.63) is 110 Å². The van der Waals surface area contributed by atoms with Crippen LogP contribution in [0.4, 0.5) is 24.5 Å². The molecule has 0 radical (unpaired) electrons. The quantitative estimate of drug-likeness (QED) is 0.0834. The number of alkyl halides is 3. The number of carbonyl (C=O) groups excluding carboxylic acids is 4. The molecule has 5 heterocycles. The predicted molar refractivity (Wildman–Crippen MR) is 226 cm³/mol. The van der Waals surface area contributed by atoms with Crippen molar-refractivity contribution in [2.75, 3.05) is 25.0 Å². The molecule has 1 atom stereocenters. The van der Waals surface area contributed by atoms with Gasteiger partial charge in [0, 0.05) is 80.8 Å². The highest BCUT2D eigenvalue weighted by atomic mass is 19.4. The summed E-state index contributed by atoms with van der Waals surface area (Å²) in [5.41, 5.74) is 6.52. The molecule has 3 aromatic carbocycles. The number of aldehydes is 1. The minimum Gasteiger partial charge on any atom is -0.341 e. The largest absolute Gasteiger partial charge is 0.417 e. The number of imide groups is 1. The Hall–Kier alpha value is -6.53. The Bertz CT molecular complexity index is 2690. The zero-order valence-corrected chi connectivity index (χ0v) is 34.6. The Morgan fingerprint density at radius 3 is 2.46 bits per heavy atom. The second-order valence-electron chi connectivity index (χ2n) is 15.7. The minimum atomic E-state index is -4.59. The molecule has 0 aliphatic carbocycles. The number of piperidine rings is 1. The first-order chi connectivity index (χ1) is 29.1. The van der Waals surface area contributed by atoms with Crippen molar-refractivity contribution in [2.45, 2.75) is 70.6 Å². The van der Waals surface area contributed by atoms with E-state index in [1.807, 2.05) is 50.1 Å². The first-order valence-corrected chi connectivity index (χ1v) is 20.2. The topological polar surface area (TPSA) is 139 Å². The number of imidazole rings is 1. The lowest BCUT2D eigenvalue weighted by Gasteiger charge is -2.33. The smallest absolute Gasteiger partial charge is 0.341 e. The Balaban J connectivity index is 0.000000202. The second-order valence-corrected chi connectivity index (χ2v) is 15.7. The molecule has 8 rings (SSSR count). The van der Waals surface area contributed by atoms with Crippen LogP contribution in [0.2, 0.25) is 0 Å². The number of amides is 3. The van der Waals surface area contributed by atoms with Crippen LogP contribution < -0.4 is 21.2 Å². The highest BCUT2D eigenvalue weighted by molar-refractivity contribution is 6.05. The number of halogens is 3. The number of carbonyl (C=O) groups is 4. The van der Waals surface area contributed by atoms with Gasteiger partial charge in [-0.3, -0.25) is 38.6 Å². The van der Waals surface area contributed by atoms with Crippen LogP contribution in [0.1, 0.15) is 94.1 Å². The van der Waals surface area contributed by atoms with Crippen molar-refractivity contribution in [3.8, 4) is 23.0 Å². The van der Waals surface area contributed by atoms with E-state index in [-0.39, 0.29) is 41.1 Å². The lowest BCUT2D eigenvalue weighted by molar-refractivity contribution is -0.138. The average molecular weight is 834 g/mol. The molecule has 1 unspecified atom stereocenters. The van der Waals surface area contributed by atoms with Gasteiger partial charge in [-0.05, 0) is 96.9 Å². The zero-order valence-electron chi connectivity index (χ0n) is 34.6. The fraction of sp³-hybridized carbons (Fsp3) is 0.348. The Kier molecular flexibility index (Phi) is 12.0. The van der Waals surface area contributed by atoms with Crippen LogP contribution in [0.25, 0.3) is 22.2 Å². The number of anilines is 2. The van der Waals surface area contributed by atoms with Gasteiger partial charge in [0.15, 0.2) is 6.29 Å². The van der Waals surface area contributed by atoms with Crippen molar-refractivity contribution >= 4 is 46.4 Å². The zero-order chi connectivity index (χ0) is 43.7. The van der Waals surface area contributed by atoms with Gasteiger partial charge in [-0.25, -0.2) is 4.79 Å². The number of pyridine rings is 1. The van der Waals surface area contributed by atoms with E-state index in [1.54, 1.807) is 40.3 Å². The molecule has 3 aliphatic rings. The molecule has 2 aromatic heterocycles. The molecule has 15 heteroatoms. The maximum Gasteiger partial charge on any atom is 0.417 e. The Morgan fingerprint density at radius 1 is 1.00 bits per heavy atom. The number of benzene rings is 3. The third-order valence-electron chi connectivity index (χ3n) is 11.5. The van der Waals surface area contributed by atoms with Crippen LogP contribution in [0.3, 0.4) is 0 Å². The molecular weight excluding hydrogens is 788 g/mol. The summed E-state index contributed by atoms with van der Waals surface area (Å²) in [6, 6.07) is 14.5. The van der Waals surface area contributed by atoms with Crippen LogP contribution in [0, 0.1) is 11.8 Å². The maximum atomic E-state index is 14.3. The van der Waals surface area contributed by atoms with Crippen LogP contribution >= 0.6 is 0 Å². The molecule has 1 saturated heterocycles. The van der Waals surface area contributed by atoms with Crippen LogP contribution in [0.15, 0.2) is 65.6 Å². The fourth-order valence-electron chi connectivity index (χ4n) is 8.32. The summed E-state index contributed by atoms with van der Waals surface area (Å²) in [4.78, 5) is 67.1. The first kappa shape index (κ1) is 42.6. The maximum absolute atomic E-state index is 14.3. The number of hydrogen-bond acceptors (Lipinski definition) is 8. The van der Waals surface area contributed by atoms with E-state index in [0.717, 1.165) is 58.4 Å². The van der Waals surface area contributed by atoms with Crippen molar-refractivity contribution in [3.63, 3.8) is 0 Å². The highest BCUT2D eigenvalue weighted by Gasteiger charge is 2.40. The molecule has 61 heavy (non-hydrogen) atoms. The van der Waals surface area contributed by atoms with Gasteiger partial charge >= 0.3 is 11.9 Å². The van der Waals surface area contributed by atoms with Gasteiger partial charge in [0.2, 0.25) is 11.8 Å². The molecule has 0 spiro atoms. The third-order valence-corrected chi connectivity index (χ3v) is 11.5. The summed E-state index contributed by atoms with van der Waals surface area (Å²) in [5, 5.41) is 5.34. The third kappa shape index (κ3) is 8.32. The molecule has 0 saturated carbocycles. The molecule has 3 amide bonds. The van der Waals surface area contributed by atoms with Crippen LogP contribution in [-0.2, 0) is 42.8 Å². The Labute approximate surface area is 350 Å². The van der Waals surface area contributed by atoms with E-state index in [9.17, 15) is 37.1 Å². The number of nitrogens with one attached hydrogen (secondary N) is 2. The monoisotopic (exact) mass is 833 g/mol. The van der Waals surface area contributed by atoms with Gasteiger partial charge in [0.25, 0.3) is 5.91 Å². The van der Waals surface area contributed by atoms with E-state index in [4.69, 9.17) is 0 Å². The summed E-state index contributed by atoms with van der Waals surface area (Å²) in [6.45, 7) is 5.81. The number of rotatable bonds is 7. The van der Waals surface area contributed by atoms with Gasteiger partial charge in [0.1, 0.15) is 11.7 Å². The molecule has 1 fully saturated rings. The standard InChI is InChI=1S/C28H27F3N4O2.C18H19N3O3/c1-16(2)21-11-20(12-25-26(21)34(4)27(37)33(25)3)35-9-5-6-17-10-22(18-7-8-19(15-36)32-14-18)23(13-24(17)35)28(29,30)31;1-19-10-3-2-5-12-6-4-7-13-14(12)11-21(18(13)24)15-8-9-16(22)20-17(15)23/h7-8,10-16H,5-6,9H2,1-4H3;4,6-7,15,19H,3,8-11H2,1H3,(H,20,22,23). The molecule has 3 aliphatic heterocycles. The molecule has 0 bridgehead atoms. The average Bonchev–Trinajstić information content (AvgIpc) is 3.69. The van der Waals surface area contributed by atoms with Crippen molar-refractivity contribution in [1.29, 1.82) is 0 Å². The van der Waals surface area contributed by atoms with Gasteiger partial charge in [-0.2, -0.15) is 13.2 Å². The van der Waals surface area contributed by atoms with Gasteiger partial charge < -0.3 is 15.1 Å². The lowest BCUT2D eigenvalue weighted by atomic mass is 9.91. The van der Waals surface area contributed by atoms with Crippen molar-refractivity contribution in [2.24, 2.45) is 14.1 Å². The molecule has 316 valence electrons. The Morgan fingerprint density at radius 2 is 1.79 bits per heavy atom. The molecule has 5 aromatic rings. The predicted octanol–water partition coefficient (Wildman–Crippen LogP) is 6.39. The normalized spacial score (nSPS) is 16.1. The van der Waals surface area contributed by atoms with E-state index in [0.29, 0.717) is 49.0 Å². The number of fused-ring (bicyclic) bond motifs is 3. The van der Waals surface area contributed by atoms with Gasteiger partial charge in [-0.15, -0.1) is 0 Å². The van der Waals surface area contributed by atoms with Crippen molar-refractivity contribution in [1.82, 2.24) is 29.7 Å². The fourth-order valence-corrected chi connectivity index (χ4v) is 8.32. The number of aryl methyl sites for hydroxylation is 3. The number of aromatic nitrogens is 3. The summed E-state index contributed by atoms with van der Waals surface area (Å²) in [5.74, 6) is 5.47. The van der Waals surface area contributed by atoms with Crippen LogP contribution in [0.5, 0.6) is 0 Å². The van der Waals surface area contributed by atoms with Crippen molar-refractivity contribution < 1.29 is 32.3 Å². The molecular formula is C46H46F3N7O5. The van der Waals surface area contributed by atoms with E-state index in [1.165, 1.54) is 24.4 Å². The first-order valence-electron chi connectivity index (χ1n) is 20.2. The highest BCUT2D eigenvalue weighted by Crippen LogP contribution is 2.45. The molecule has 2 N–H and O–H groups in total. The lowest BCUT2D eigenvalue weighted by Crippen LogP contribution is -2.52. The molecule has 12 nitrogen and oxygen atoms in total.